The van der Waals surface area contributed by atoms with Crippen LogP contribution in [-0.4, -0.2) is 6.54 Å². The van der Waals surface area contributed by atoms with Crippen LogP contribution in [0.15, 0.2) is 12.1 Å². The fraction of sp³-hybridized carbons (Fsp3) is 0.250. The van der Waals surface area contributed by atoms with E-state index in [0.717, 1.165) is 5.56 Å². The van der Waals surface area contributed by atoms with Gasteiger partial charge in [-0.2, -0.15) is 0 Å². The Morgan fingerprint density at radius 2 is 1.75 bits per heavy atom. The first-order valence-corrected chi connectivity index (χ1v) is 4.24. The second-order valence-electron chi connectivity index (χ2n) is 2.41. The highest BCUT2D eigenvalue weighted by atomic mass is 35.5. The first-order chi connectivity index (χ1) is 5.65. The summed E-state index contributed by atoms with van der Waals surface area (Å²) in [5.74, 6) is -0.570. The van der Waals surface area contributed by atoms with Gasteiger partial charge in [0.2, 0.25) is 0 Å². The zero-order chi connectivity index (χ0) is 9.14. The van der Waals surface area contributed by atoms with E-state index in [-0.39, 0.29) is 10.0 Å². The minimum absolute atomic E-state index is 0.0472. The Hall–Kier alpha value is -0.310. The first-order valence-electron chi connectivity index (χ1n) is 3.48. The molecule has 0 aliphatic carbocycles. The molecule has 0 saturated heterocycles. The van der Waals surface area contributed by atoms with E-state index in [1.807, 2.05) is 0 Å². The van der Waals surface area contributed by atoms with Crippen LogP contribution in [0, 0.1) is 5.82 Å². The number of rotatable bonds is 2. The summed E-state index contributed by atoms with van der Waals surface area (Å²) in [5.41, 5.74) is 6.17. The molecule has 4 heteroatoms. The summed E-state index contributed by atoms with van der Waals surface area (Å²) >= 11 is 11.1. The van der Waals surface area contributed by atoms with Crippen LogP contribution >= 0.6 is 23.2 Å². The summed E-state index contributed by atoms with van der Waals surface area (Å²) < 4.78 is 12.9. The molecule has 0 aliphatic heterocycles. The van der Waals surface area contributed by atoms with Crippen LogP contribution in [0.2, 0.25) is 10.0 Å². The average Bonchev–Trinajstić information content (AvgIpc) is 2.01. The van der Waals surface area contributed by atoms with Gasteiger partial charge in [0, 0.05) is 0 Å². The largest absolute Gasteiger partial charge is 0.330 e. The molecule has 2 N–H and O–H groups in total. The van der Waals surface area contributed by atoms with Gasteiger partial charge < -0.3 is 5.73 Å². The number of halogens is 3. The Kier molecular flexibility index (Phi) is 3.32. The number of hydrogen-bond donors (Lipinski definition) is 1. The molecule has 0 spiro atoms. The third-order valence-electron chi connectivity index (χ3n) is 1.48. The number of hydrogen-bond acceptors (Lipinski definition) is 1. The number of benzene rings is 1. The Morgan fingerprint density at radius 1 is 1.25 bits per heavy atom. The molecule has 0 saturated carbocycles. The molecule has 0 fully saturated rings. The molecule has 0 amide bonds. The Morgan fingerprint density at radius 3 is 2.17 bits per heavy atom. The standard InChI is InChI=1S/C8H8Cl2FN/c9-6-3-5(1-2-12)4-7(10)8(6)11/h3-4H,1-2,12H2. The SMILES string of the molecule is NCCc1cc(Cl)c(F)c(Cl)c1. The Balaban J connectivity index is 3.04. The van der Waals surface area contributed by atoms with Crippen LogP contribution < -0.4 is 5.73 Å². The lowest BCUT2D eigenvalue weighted by atomic mass is 10.1. The van der Waals surface area contributed by atoms with E-state index in [4.69, 9.17) is 28.9 Å². The van der Waals surface area contributed by atoms with Gasteiger partial charge in [-0.25, -0.2) is 4.39 Å². The van der Waals surface area contributed by atoms with Crippen molar-refractivity contribution in [2.75, 3.05) is 6.54 Å². The predicted molar refractivity (Wildman–Crippen MR) is 49.2 cm³/mol. The van der Waals surface area contributed by atoms with E-state index in [0.29, 0.717) is 13.0 Å². The molecule has 0 aliphatic rings. The molecular weight excluding hydrogens is 200 g/mol. The molecule has 0 unspecified atom stereocenters. The maximum absolute atomic E-state index is 12.9. The van der Waals surface area contributed by atoms with E-state index in [9.17, 15) is 4.39 Å². The van der Waals surface area contributed by atoms with Crippen molar-refractivity contribution >= 4 is 23.2 Å². The van der Waals surface area contributed by atoms with Crippen molar-refractivity contribution in [3.63, 3.8) is 0 Å². The molecule has 1 rings (SSSR count). The summed E-state index contributed by atoms with van der Waals surface area (Å²) in [5, 5.41) is 0.0944. The van der Waals surface area contributed by atoms with Gasteiger partial charge in [0.05, 0.1) is 10.0 Å². The molecular formula is C8H8Cl2FN. The van der Waals surface area contributed by atoms with Crippen molar-refractivity contribution in [2.24, 2.45) is 5.73 Å². The summed E-state index contributed by atoms with van der Waals surface area (Å²) in [6.45, 7) is 0.498. The van der Waals surface area contributed by atoms with Gasteiger partial charge in [0.1, 0.15) is 0 Å². The average molecular weight is 208 g/mol. The number of nitrogens with two attached hydrogens (primary N) is 1. The lowest BCUT2D eigenvalue weighted by Crippen LogP contribution is -2.02. The molecule has 12 heavy (non-hydrogen) atoms. The van der Waals surface area contributed by atoms with Gasteiger partial charge in [-0.1, -0.05) is 23.2 Å². The monoisotopic (exact) mass is 207 g/mol. The third-order valence-corrected chi connectivity index (χ3v) is 2.03. The van der Waals surface area contributed by atoms with Crippen molar-refractivity contribution in [3.05, 3.63) is 33.6 Å². The Labute approximate surface area is 80.3 Å². The molecule has 0 heterocycles. The van der Waals surface area contributed by atoms with Gasteiger partial charge >= 0.3 is 0 Å². The molecule has 1 aromatic rings. The zero-order valence-corrected chi connectivity index (χ0v) is 7.79. The van der Waals surface area contributed by atoms with Crippen molar-refractivity contribution in [2.45, 2.75) is 6.42 Å². The van der Waals surface area contributed by atoms with E-state index < -0.39 is 5.82 Å². The van der Waals surface area contributed by atoms with Gasteiger partial charge in [-0.15, -0.1) is 0 Å². The van der Waals surface area contributed by atoms with Gasteiger partial charge in [0.25, 0.3) is 0 Å². The lowest BCUT2D eigenvalue weighted by Gasteiger charge is -2.02. The molecule has 0 bridgehead atoms. The van der Waals surface area contributed by atoms with Gasteiger partial charge in [0.15, 0.2) is 5.82 Å². The molecule has 1 nitrogen and oxygen atoms in total. The van der Waals surface area contributed by atoms with Crippen molar-refractivity contribution in [3.8, 4) is 0 Å². The maximum atomic E-state index is 12.9. The predicted octanol–water partition coefficient (Wildman–Crippen LogP) is 2.63. The second kappa shape index (κ2) is 4.08. The van der Waals surface area contributed by atoms with Crippen LogP contribution in [0.3, 0.4) is 0 Å². The van der Waals surface area contributed by atoms with Crippen LogP contribution in [0.5, 0.6) is 0 Å². The van der Waals surface area contributed by atoms with Gasteiger partial charge in [-0.05, 0) is 30.7 Å². The molecule has 0 aromatic heterocycles. The summed E-state index contributed by atoms with van der Waals surface area (Å²) in [6.07, 6.45) is 0.653. The van der Waals surface area contributed by atoms with Gasteiger partial charge in [-0.3, -0.25) is 0 Å². The molecule has 0 radical (unpaired) electrons. The fourth-order valence-electron chi connectivity index (χ4n) is 0.919. The summed E-state index contributed by atoms with van der Waals surface area (Å²) in [7, 11) is 0. The fourth-order valence-corrected chi connectivity index (χ4v) is 1.45. The highest BCUT2D eigenvalue weighted by Gasteiger charge is 2.06. The normalized spacial score (nSPS) is 10.3. The third kappa shape index (κ3) is 2.09. The maximum Gasteiger partial charge on any atom is 0.160 e. The van der Waals surface area contributed by atoms with Crippen molar-refractivity contribution in [1.82, 2.24) is 0 Å². The van der Waals surface area contributed by atoms with E-state index in [1.54, 1.807) is 0 Å². The minimum Gasteiger partial charge on any atom is -0.330 e. The quantitative estimate of drug-likeness (QED) is 0.742. The smallest absolute Gasteiger partial charge is 0.160 e. The zero-order valence-electron chi connectivity index (χ0n) is 6.28. The molecule has 0 atom stereocenters. The van der Waals surface area contributed by atoms with Crippen LogP contribution in [0.25, 0.3) is 0 Å². The Bertz CT molecular complexity index is 265. The molecule has 1 aromatic carbocycles. The lowest BCUT2D eigenvalue weighted by molar-refractivity contribution is 0.628. The summed E-state index contributed by atoms with van der Waals surface area (Å²) in [6, 6.07) is 3.07. The van der Waals surface area contributed by atoms with Crippen molar-refractivity contribution in [1.29, 1.82) is 0 Å². The van der Waals surface area contributed by atoms with E-state index in [2.05, 4.69) is 0 Å². The van der Waals surface area contributed by atoms with Crippen molar-refractivity contribution < 1.29 is 4.39 Å². The minimum atomic E-state index is -0.570. The van der Waals surface area contributed by atoms with E-state index >= 15 is 0 Å². The van der Waals surface area contributed by atoms with Crippen LogP contribution in [0.1, 0.15) is 5.56 Å². The van der Waals surface area contributed by atoms with Crippen LogP contribution in [0.4, 0.5) is 4.39 Å². The topological polar surface area (TPSA) is 26.0 Å². The molecule has 66 valence electrons. The highest BCUT2D eigenvalue weighted by Crippen LogP contribution is 2.24. The highest BCUT2D eigenvalue weighted by molar-refractivity contribution is 6.34. The second-order valence-corrected chi connectivity index (χ2v) is 3.23. The van der Waals surface area contributed by atoms with Crippen LogP contribution in [-0.2, 0) is 6.42 Å². The first kappa shape index (κ1) is 9.78. The van der Waals surface area contributed by atoms with E-state index in [1.165, 1.54) is 12.1 Å². The summed E-state index contributed by atoms with van der Waals surface area (Å²) in [4.78, 5) is 0.